The predicted molar refractivity (Wildman–Crippen MR) is 145 cm³/mol. The topological polar surface area (TPSA) is 140 Å². The number of hydrogen-bond acceptors (Lipinski definition) is 8. The molecule has 2 fully saturated rings. The van der Waals surface area contributed by atoms with Crippen molar-refractivity contribution in [1.29, 1.82) is 5.26 Å². The molecule has 3 aromatic rings. The zero-order valence-electron chi connectivity index (χ0n) is 22.4. The van der Waals surface area contributed by atoms with E-state index in [4.69, 9.17) is 11.6 Å². The summed E-state index contributed by atoms with van der Waals surface area (Å²) in [5.41, 5.74) is -0.405. The smallest absolute Gasteiger partial charge is 0.405 e. The maximum atomic E-state index is 13.5. The standard InChI is InChI=1S/C28H22ClF5N6O4/c29-18-5-2-1-4-16(18)23(24(42)37-15-11-27(30,31)12-15)39-19-6-3-7-20(44-28(32,33)34)22(19)17-10-21(41)40(25(17)43)26-36-9-8-14(13-35)38-26/h1-9,15,17,23,25,39,43H,10-12H2,(H,37,42)/t17?,23?,25-/m1/s1. The van der Waals surface area contributed by atoms with Gasteiger partial charge in [-0.2, -0.15) is 5.26 Å². The quantitative estimate of drug-likeness (QED) is 0.300. The third-order valence-electron chi connectivity index (χ3n) is 7.14. The molecule has 2 aromatic carbocycles. The van der Waals surface area contributed by atoms with E-state index in [0.29, 0.717) is 0 Å². The largest absolute Gasteiger partial charge is 0.573 e. The zero-order chi connectivity index (χ0) is 31.8. The summed E-state index contributed by atoms with van der Waals surface area (Å²) in [5, 5.41) is 25.9. The number of nitrogens with zero attached hydrogens (tertiary/aromatic N) is 4. The molecule has 0 bridgehead atoms. The van der Waals surface area contributed by atoms with Gasteiger partial charge in [-0.25, -0.2) is 18.7 Å². The lowest BCUT2D eigenvalue weighted by molar-refractivity contribution is -0.275. The zero-order valence-corrected chi connectivity index (χ0v) is 23.1. The highest BCUT2D eigenvalue weighted by molar-refractivity contribution is 6.31. The number of anilines is 2. The molecule has 3 N–H and O–H groups in total. The van der Waals surface area contributed by atoms with Crippen LogP contribution >= 0.6 is 11.6 Å². The minimum absolute atomic E-state index is 0.0973. The Kier molecular flexibility index (Phi) is 8.32. The van der Waals surface area contributed by atoms with Gasteiger partial charge in [-0.05, 0) is 24.3 Å². The van der Waals surface area contributed by atoms with Gasteiger partial charge in [-0.3, -0.25) is 14.5 Å². The summed E-state index contributed by atoms with van der Waals surface area (Å²) in [6, 6.07) is 10.3. The van der Waals surface area contributed by atoms with Gasteiger partial charge in [0.1, 0.15) is 29.8 Å². The molecule has 1 saturated heterocycles. The van der Waals surface area contributed by atoms with E-state index in [2.05, 4.69) is 25.3 Å². The minimum atomic E-state index is -5.18. The van der Waals surface area contributed by atoms with E-state index in [9.17, 15) is 41.9 Å². The molecule has 3 atom stereocenters. The van der Waals surface area contributed by atoms with Crippen molar-refractivity contribution in [3.8, 4) is 11.8 Å². The molecule has 1 aliphatic heterocycles. The van der Waals surface area contributed by atoms with Gasteiger partial charge in [0.15, 0.2) is 0 Å². The van der Waals surface area contributed by atoms with Gasteiger partial charge in [0.25, 0.3) is 5.92 Å². The molecular weight excluding hydrogens is 615 g/mol. The van der Waals surface area contributed by atoms with Crippen LogP contribution in [0.4, 0.5) is 33.6 Å². The Morgan fingerprint density at radius 2 is 1.91 bits per heavy atom. The molecule has 0 radical (unpaired) electrons. The number of ether oxygens (including phenoxy) is 1. The van der Waals surface area contributed by atoms with Crippen molar-refractivity contribution in [2.24, 2.45) is 0 Å². The fourth-order valence-electron chi connectivity index (χ4n) is 5.19. The van der Waals surface area contributed by atoms with Crippen LogP contribution in [0.5, 0.6) is 5.75 Å². The number of benzene rings is 2. The van der Waals surface area contributed by atoms with E-state index in [0.717, 1.165) is 11.0 Å². The lowest BCUT2D eigenvalue weighted by Crippen LogP contribution is -2.52. The van der Waals surface area contributed by atoms with E-state index in [-0.39, 0.29) is 33.5 Å². The fraction of sp³-hybridized carbons (Fsp3) is 0.321. The number of rotatable bonds is 8. The Balaban J connectivity index is 1.56. The van der Waals surface area contributed by atoms with Gasteiger partial charge in [0, 0.05) is 59.3 Å². The van der Waals surface area contributed by atoms with Crippen LogP contribution in [0.3, 0.4) is 0 Å². The number of carbonyl (C=O) groups excluding carboxylic acids is 2. The highest BCUT2D eigenvalue weighted by atomic mass is 35.5. The van der Waals surface area contributed by atoms with Crippen molar-refractivity contribution < 1.29 is 41.4 Å². The maximum absolute atomic E-state index is 13.5. The van der Waals surface area contributed by atoms with Crippen molar-refractivity contribution in [2.45, 2.75) is 55.8 Å². The molecule has 2 amide bonds. The van der Waals surface area contributed by atoms with Crippen LogP contribution in [-0.4, -0.2) is 51.4 Å². The summed E-state index contributed by atoms with van der Waals surface area (Å²) in [4.78, 5) is 35.1. The van der Waals surface area contributed by atoms with Crippen LogP contribution in [0.1, 0.15) is 48.0 Å². The fourth-order valence-corrected chi connectivity index (χ4v) is 5.43. The third-order valence-corrected chi connectivity index (χ3v) is 7.48. The molecule has 2 unspecified atom stereocenters. The number of alkyl halides is 5. The van der Waals surface area contributed by atoms with Crippen molar-refractivity contribution in [1.82, 2.24) is 15.3 Å². The van der Waals surface area contributed by atoms with Gasteiger partial charge < -0.3 is 20.5 Å². The summed E-state index contributed by atoms with van der Waals surface area (Å²) in [6.07, 6.45) is -7.54. The number of nitriles is 1. The molecule has 0 spiro atoms. The summed E-state index contributed by atoms with van der Waals surface area (Å²) >= 11 is 6.36. The summed E-state index contributed by atoms with van der Waals surface area (Å²) in [7, 11) is 0. The molecule has 5 rings (SSSR count). The first-order chi connectivity index (χ1) is 20.8. The molecule has 16 heteroatoms. The first-order valence-electron chi connectivity index (χ1n) is 13.1. The van der Waals surface area contributed by atoms with Gasteiger partial charge in [-0.15, -0.1) is 13.2 Å². The second-order valence-electron chi connectivity index (χ2n) is 10.2. The first-order valence-corrected chi connectivity index (χ1v) is 13.5. The molecular formula is C28H22ClF5N6O4. The maximum Gasteiger partial charge on any atom is 0.573 e. The Hall–Kier alpha value is -4.55. The molecule has 10 nitrogen and oxygen atoms in total. The number of amides is 2. The Bertz CT molecular complexity index is 1630. The Morgan fingerprint density at radius 3 is 2.57 bits per heavy atom. The molecule has 2 heterocycles. The average Bonchev–Trinajstić information content (AvgIpc) is 3.23. The van der Waals surface area contributed by atoms with Crippen LogP contribution in [0, 0.1) is 11.3 Å². The number of hydrogen-bond donors (Lipinski definition) is 3. The third kappa shape index (κ3) is 6.51. The first kappa shape index (κ1) is 30.9. The van der Waals surface area contributed by atoms with Crippen LogP contribution in [0.25, 0.3) is 0 Å². The molecule has 1 saturated carbocycles. The highest BCUT2D eigenvalue weighted by Crippen LogP contribution is 2.45. The number of aliphatic hydroxyl groups is 1. The minimum Gasteiger partial charge on any atom is -0.405 e. The van der Waals surface area contributed by atoms with Crippen molar-refractivity contribution >= 4 is 35.1 Å². The second kappa shape index (κ2) is 11.9. The molecule has 44 heavy (non-hydrogen) atoms. The second-order valence-corrected chi connectivity index (χ2v) is 10.6. The van der Waals surface area contributed by atoms with Crippen LogP contribution < -0.4 is 20.3 Å². The summed E-state index contributed by atoms with van der Waals surface area (Å²) in [6.45, 7) is 0. The SMILES string of the molecule is N#Cc1ccnc(N2C(=O)CC(c3c(NC(C(=O)NC4CC(F)(F)C4)c4ccccc4Cl)cccc3OC(F)(F)F)[C@H]2O)n1. The summed E-state index contributed by atoms with van der Waals surface area (Å²) in [5.74, 6) is -6.99. The van der Waals surface area contributed by atoms with E-state index in [1.807, 2.05) is 0 Å². The van der Waals surface area contributed by atoms with Crippen LogP contribution in [0.15, 0.2) is 54.7 Å². The Morgan fingerprint density at radius 1 is 1.18 bits per heavy atom. The van der Waals surface area contributed by atoms with E-state index >= 15 is 0 Å². The molecule has 1 aliphatic carbocycles. The van der Waals surface area contributed by atoms with Crippen molar-refractivity contribution in [3.05, 3.63) is 76.6 Å². The number of halogens is 6. The van der Waals surface area contributed by atoms with Gasteiger partial charge in [-0.1, -0.05) is 35.9 Å². The van der Waals surface area contributed by atoms with Crippen molar-refractivity contribution in [2.75, 3.05) is 10.2 Å². The monoisotopic (exact) mass is 636 g/mol. The molecule has 2 aliphatic rings. The van der Waals surface area contributed by atoms with E-state index in [1.165, 1.54) is 36.5 Å². The van der Waals surface area contributed by atoms with Crippen LogP contribution in [-0.2, 0) is 9.59 Å². The van der Waals surface area contributed by atoms with Gasteiger partial charge >= 0.3 is 6.36 Å². The Labute approximate surface area is 251 Å². The summed E-state index contributed by atoms with van der Waals surface area (Å²) < 4.78 is 71.8. The lowest BCUT2D eigenvalue weighted by Gasteiger charge is -2.36. The van der Waals surface area contributed by atoms with Gasteiger partial charge in [0.05, 0.1) is 0 Å². The van der Waals surface area contributed by atoms with Crippen molar-refractivity contribution in [3.63, 3.8) is 0 Å². The highest BCUT2D eigenvalue weighted by Gasteiger charge is 2.47. The van der Waals surface area contributed by atoms with Crippen LogP contribution in [0.2, 0.25) is 5.02 Å². The average molecular weight is 637 g/mol. The normalized spacial score (nSPS) is 20.4. The number of nitrogens with one attached hydrogen (secondary N) is 2. The lowest BCUT2D eigenvalue weighted by atomic mass is 9.87. The molecule has 1 aromatic heterocycles. The number of carbonyl (C=O) groups is 2. The van der Waals surface area contributed by atoms with E-state index in [1.54, 1.807) is 18.2 Å². The van der Waals surface area contributed by atoms with E-state index < -0.39 is 73.3 Å². The predicted octanol–water partition coefficient (Wildman–Crippen LogP) is 4.81. The number of aliphatic hydroxyl groups excluding tert-OH is 1. The molecule has 230 valence electrons. The number of aromatic nitrogens is 2. The van der Waals surface area contributed by atoms with Gasteiger partial charge in [0.2, 0.25) is 17.8 Å².